The molecule has 0 saturated heterocycles. The second kappa shape index (κ2) is 19.5. The van der Waals surface area contributed by atoms with Crippen LogP contribution in [-0.2, 0) is 11.2 Å². The lowest BCUT2D eigenvalue weighted by atomic mass is 9.96. The first kappa shape index (κ1) is 30.2. The minimum Gasteiger partial charge on any atom is -0.478 e. The van der Waals surface area contributed by atoms with Gasteiger partial charge in [-0.2, -0.15) is 0 Å². The molecule has 0 atom stereocenters. The maximum atomic E-state index is 12.4. The van der Waals surface area contributed by atoms with Crippen molar-refractivity contribution in [2.75, 3.05) is 12.3 Å². The Labute approximate surface area is 212 Å². The quantitative estimate of drug-likeness (QED) is 0.143. The lowest BCUT2D eigenvalue weighted by molar-refractivity contribution is 0.0487. The Morgan fingerprint density at radius 2 is 1.31 bits per heavy atom. The van der Waals surface area contributed by atoms with Gasteiger partial charge in [0.15, 0.2) is 0 Å². The summed E-state index contributed by atoms with van der Waals surface area (Å²) >= 11 is 0. The zero-order chi connectivity index (χ0) is 25.7. The molecule has 0 saturated carbocycles. The Bertz CT molecular complexity index is 836. The molecule has 0 aliphatic carbocycles. The summed E-state index contributed by atoms with van der Waals surface area (Å²) in [6, 6.07) is 14.6. The largest absolute Gasteiger partial charge is 0.478 e. The van der Waals surface area contributed by atoms with E-state index < -0.39 is 11.9 Å². The number of esters is 1. The molecule has 0 radical (unpaired) electrons. The predicted octanol–water partition coefficient (Wildman–Crippen LogP) is 8.07. The highest BCUT2D eigenvalue weighted by molar-refractivity contribution is 6.03. The van der Waals surface area contributed by atoms with Gasteiger partial charge in [-0.05, 0) is 43.0 Å². The normalized spacial score (nSPS) is 10.3. The van der Waals surface area contributed by atoms with Gasteiger partial charge in [-0.3, -0.25) is 0 Å². The van der Waals surface area contributed by atoms with E-state index in [0.717, 1.165) is 43.4 Å². The highest BCUT2D eigenvalue weighted by Gasteiger charge is 2.21. The third kappa shape index (κ3) is 13.6. The first-order valence-corrected chi connectivity index (χ1v) is 13.3. The van der Waals surface area contributed by atoms with Gasteiger partial charge in [0.05, 0.1) is 17.7 Å². The molecule has 0 spiro atoms. The van der Waals surface area contributed by atoms with E-state index >= 15 is 0 Å². The average molecular weight is 484 g/mol. The van der Waals surface area contributed by atoms with E-state index in [2.05, 4.69) is 13.8 Å². The number of hydrogen-bond donors (Lipinski definition) is 2. The number of benzene rings is 2. The highest BCUT2D eigenvalue weighted by atomic mass is 16.5. The number of nitrogens with two attached hydrogens (primary N) is 1. The van der Waals surface area contributed by atoms with Crippen molar-refractivity contribution >= 4 is 17.6 Å². The second-order valence-corrected chi connectivity index (χ2v) is 8.98. The molecule has 3 N–H and O–H groups in total. The third-order valence-electron chi connectivity index (χ3n) is 5.91. The van der Waals surface area contributed by atoms with Gasteiger partial charge in [-0.25, -0.2) is 9.59 Å². The molecule has 2 aromatic carbocycles. The zero-order valence-electron chi connectivity index (χ0n) is 21.8. The molecule has 0 aromatic heterocycles. The molecule has 5 heteroatoms. The van der Waals surface area contributed by atoms with E-state index in [1.807, 2.05) is 36.4 Å². The first-order chi connectivity index (χ1) is 17.0. The van der Waals surface area contributed by atoms with Crippen molar-refractivity contribution in [2.24, 2.45) is 0 Å². The number of rotatable bonds is 16. The number of carboxylic acid groups (broad SMARTS) is 1. The molecule has 2 aromatic rings. The minimum atomic E-state index is -1.05. The van der Waals surface area contributed by atoms with Gasteiger partial charge in [0.25, 0.3) is 0 Å². The van der Waals surface area contributed by atoms with Crippen molar-refractivity contribution < 1.29 is 19.4 Å². The lowest BCUT2D eigenvalue weighted by Crippen LogP contribution is -2.15. The number of unbranched alkanes of at least 4 members (excludes halogenated alkanes) is 10. The molecule has 0 unspecified atom stereocenters. The SMILES string of the molecule is CCCCCCCCOC(=O)c1cccc(CCCCCCCC)c1C(=O)O.Nc1ccccc1. The fraction of sp³-hybridized carbons (Fsp3) is 0.533. The molecule has 35 heavy (non-hydrogen) atoms. The minimum absolute atomic E-state index is 0.115. The summed E-state index contributed by atoms with van der Waals surface area (Å²) in [4.78, 5) is 24.2. The number of carbonyl (C=O) groups excluding carboxylic acids is 1. The van der Waals surface area contributed by atoms with Crippen molar-refractivity contribution in [1.29, 1.82) is 0 Å². The molecular formula is C30H45NO4. The highest BCUT2D eigenvalue weighted by Crippen LogP contribution is 2.20. The van der Waals surface area contributed by atoms with Crippen molar-refractivity contribution in [3.05, 3.63) is 65.2 Å². The molecule has 0 aliphatic heterocycles. The first-order valence-electron chi connectivity index (χ1n) is 13.3. The van der Waals surface area contributed by atoms with Crippen LogP contribution >= 0.6 is 0 Å². The Kier molecular flexibility index (Phi) is 16.8. The van der Waals surface area contributed by atoms with Gasteiger partial charge in [-0.1, -0.05) is 108 Å². The summed E-state index contributed by atoms with van der Waals surface area (Å²) < 4.78 is 5.35. The van der Waals surface area contributed by atoms with Crippen LogP contribution in [0.5, 0.6) is 0 Å². The Morgan fingerprint density at radius 1 is 0.743 bits per heavy atom. The summed E-state index contributed by atoms with van der Waals surface area (Å²) in [5.74, 6) is -1.57. The fourth-order valence-electron chi connectivity index (χ4n) is 3.90. The van der Waals surface area contributed by atoms with E-state index in [1.165, 1.54) is 44.9 Å². The topological polar surface area (TPSA) is 89.6 Å². The smallest absolute Gasteiger partial charge is 0.339 e. The van der Waals surface area contributed by atoms with Crippen LogP contribution in [0.2, 0.25) is 0 Å². The number of aryl methyl sites for hydroxylation is 1. The molecule has 0 heterocycles. The fourth-order valence-corrected chi connectivity index (χ4v) is 3.90. The predicted molar refractivity (Wildman–Crippen MR) is 145 cm³/mol. The number of anilines is 1. The standard InChI is InChI=1S/C24H38O4.C6H7N/c1-3-5-7-9-11-13-16-20-17-15-18-21(22(20)23(25)26)24(27)28-19-14-12-10-8-6-4-2;7-6-4-2-1-3-5-6/h15,17-18H,3-14,16,19H2,1-2H3,(H,25,26);1-5H,7H2. The van der Waals surface area contributed by atoms with Gasteiger partial charge in [0.1, 0.15) is 0 Å². The lowest BCUT2D eigenvalue weighted by Gasteiger charge is -2.12. The number of hydrogen-bond acceptors (Lipinski definition) is 4. The number of nitrogen functional groups attached to an aromatic ring is 1. The van der Waals surface area contributed by atoms with Crippen LogP contribution in [0.4, 0.5) is 5.69 Å². The molecule has 0 fully saturated rings. The van der Waals surface area contributed by atoms with Crippen molar-refractivity contribution in [2.45, 2.75) is 97.3 Å². The summed E-state index contributed by atoms with van der Waals surface area (Å²) in [5.41, 5.74) is 7.21. The number of carbonyl (C=O) groups is 2. The molecule has 0 amide bonds. The van der Waals surface area contributed by atoms with E-state index in [-0.39, 0.29) is 11.1 Å². The van der Waals surface area contributed by atoms with Gasteiger partial charge in [-0.15, -0.1) is 0 Å². The number of para-hydroxylation sites is 1. The summed E-state index contributed by atoms with van der Waals surface area (Å²) in [6.45, 7) is 4.73. The number of aromatic carboxylic acids is 1. The maximum absolute atomic E-state index is 12.4. The van der Waals surface area contributed by atoms with Crippen LogP contribution in [0.15, 0.2) is 48.5 Å². The van der Waals surface area contributed by atoms with Gasteiger partial charge in [0.2, 0.25) is 0 Å². The molecule has 2 rings (SSSR count). The Morgan fingerprint density at radius 3 is 1.86 bits per heavy atom. The van der Waals surface area contributed by atoms with Crippen LogP contribution in [0.3, 0.4) is 0 Å². The average Bonchev–Trinajstić information content (AvgIpc) is 2.86. The van der Waals surface area contributed by atoms with Crippen LogP contribution in [0.25, 0.3) is 0 Å². The Balaban J connectivity index is 0.000000744. The van der Waals surface area contributed by atoms with Gasteiger partial charge >= 0.3 is 11.9 Å². The van der Waals surface area contributed by atoms with Gasteiger partial charge in [0, 0.05) is 5.69 Å². The molecule has 0 bridgehead atoms. The monoisotopic (exact) mass is 483 g/mol. The molecular weight excluding hydrogens is 438 g/mol. The van der Waals surface area contributed by atoms with E-state index in [4.69, 9.17) is 10.5 Å². The van der Waals surface area contributed by atoms with E-state index in [0.29, 0.717) is 13.0 Å². The summed E-state index contributed by atoms with van der Waals surface area (Å²) in [6.07, 6.45) is 14.3. The number of ether oxygens (including phenoxy) is 1. The van der Waals surface area contributed by atoms with Crippen LogP contribution in [0, 0.1) is 0 Å². The molecule has 0 aliphatic rings. The van der Waals surface area contributed by atoms with E-state index in [9.17, 15) is 14.7 Å². The number of carboxylic acids is 1. The van der Waals surface area contributed by atoms with Crippen molar-refractivity contribution in [3.63, 3.8) is 0 Å². The van der Waals surface area contributed by atoms with Crippen molar-refractivity contribution in [3.8, 4) is 0 Å². The van der Waals surface area contributed by atoms with Crippen LogP contribution < -0.4 is 5.73 Å². The summed E-state index contributed by atoms with van der Waals surface area (Å²) in [7, 11) is 0. The Hall–Kier alpha value is -2.82. The third-order valence-corrected chi connectivity index (χ3v) is 5.91. The van der Waals surface area contributed by atoms with E-state index in [1.54, 1.807) is 12.1 Å². The van der Waals surface area contributed by atoms with Crippen molar-refractivity contribution in [1.82, 2.24) is 0 Å². The van der Waals surface area contributed by atoms with Crippen LogP contribution in [0.1, 0.15) is 117 Å². The van der Waals surface area contributed by atoms with Gasteiger partial charge < -0.3 is 15.6 Å². The maximum Gasteiger partial charge on any atom is 0.339 e. The second-order valence-electron chi connectivity index (χ2n) is 8.98. The summed E-state index contributed by atoms with van der Waals surface area (Å²) in [5, 5.41) is 9.65. The zero-order valence-corrected chi connectivity index (χ0v) is 21.8. The molecule has 5 nitrogen and oxygen atoms in total. The molecule has 194 valence electrons. The van der Waals surface area contributed by atoms with Crippen LogP contribution in [-0.4, -0.2) is 23.7 Å².